The summed E-state index contributed by atoms with van der Waals surface area (Å²) in [5, 5.41) is 6.14. The second kappa shape index (κ2) is 9.82. The number of urea groups is 1. The fraction of sp³-hybridized carbons (Fsp3) is 0.381. The Morgan fingerprint density at radius 1 is 1.19 bits per heavy atom. The van der Waals surface area contributed by atoms with E-state index >= 15 is 0 Å². The van der Waals surface area contributed by atoms with E-state index in [1.165, 1.54) is 23.1 Å². The summed E-state index contributed by atoms with van der Waals surface area (Å²) in [6, 6.07) is 3.10. The lowest BCUT2D eigenvalue weighted by atomic mass is 9.99. The minimum Gasteiger partial charge on any atom is -0.351 e. The van der Waals surface area contributed by atoms with Gasteiger partial charge in [-0.15, -0.1) is 0 Å². The highest BCUT2D eigenvalue weighted by Crippen LogP contribution is 2.27. The molecule has 1 saturated heterocycles. The summed E-state index contributed by atoms with van der Waals surface area (Å²) in [4.78, 5) is 38.7. The lowest BCUT2D eigenvalue weighted by molar-refractivity contribution is -0.169. The summed E-state index contributed by atoms with van der Waals surface area (Å²) in [5.41, 5.74) is 1.25. The third-order valence-corrected chi connectivity index (χ3v) is 5.59. The van der Waals surface area contributed by atoms with Crippen LogP contribution in [0.2, 0.25) is 10.0 Å². The standard InChI is InChI=1S/C21H23Cl2N3O5/c1-30-21(31-2)5-3-4-13(10-21)11-24-19(28)18-9-17(27)12-26(18)20(29)25-16-7-14(22)6-15(23)8-16/h3-8,18H,9-12H2,1-2H3,(H,24,28)(H,25,29)/t18-/m0/s1. The Bertz CT molecular complexity index is 923. The number of carbonyl (C=O) groups is 3. The molecule has 166 valence electrons. The fourth-order valence-electron chi connectivity index (χ4n) is 3.53. The molecule has 1 aromatic rings. The van der Waals surface area contributed by atoms with Crippen LogP contribution in [0.1, 0.15) is 12.8 Å². The number of nitrogens with zero attached hydrogens (tertiary/aromatic N) is 1. The number of hydrogen-bond donors (Lipinski definition) is 2. The van der Waals surface area contributed by atoms with Crippen molar-refractivity contribution in [3.63, 3.8) is 0 Å². The number of ketones is 1. The van der Waals surface area contributed by atoms with Crippen LogP contribution in [0.3, 0.4) is 0 Å². The Kier molecular flexibility index (Phi) is 7.38. The zero-order chi connectivity index (χ0) is 22.6. The average molecular weight is 468 g/mol. The topological polar surface area (TPSA) is 97.0 Å². The van der Waals surface area contributed by atoms with E-state index < -0.39 is 23.8 Å². The molecule has 3 amide bonds. The molecule has 0 bridgehead atoms. The molecule has 0 radical (unpaired) electrons. The third kappa shape index (κ3) is 5.65. The van der Waals surface area contributed by atoms with Gasteiger partial charge >= 0.3 is 6.03 Å². The molecule has 3 rings (SSSR count). The Hall–Kier alpha value is -2.39. The van der Waals surface area contributed by atoms with Crippen molar-refractivity contribution < 1.29 is 23.9 Å². The Morgan fingerprint density at radius 3 is 2.52 bits per heavy atom. The Morgan fingerprint density at radius 2 is 1.87 bits per heavy atom. The number of rotatable bonds is 6. The van der Waals surface area contributed by atoms with Gasteiger partial charge in [-0.05, 0) is 29.8 Å². The number of amides is 3. The normalized spacial score (nSPS) is 19.9. The van der Waals surface area contributed by atoms with Gasteiger partial charge in [-0.2, -0.15) is 0 Å². The second-order valence-corrected chi connectivity index (χ2v) is 8.15. The van der Waals surface area contributed by atoms with E-state index in [4.69, 9.17) is 32.7 Å². The molecule has 10 heteroatoms. The SMILES string of the molecule is COC1(OC)C=CC=C(CNC(=O)[C@@H]2CC(=O)CN2C(=O)Nc2cc(Cl)cc(Cl)c2)C1. The van der Waals surface area contributed by atoms with E-state index in [0.717, 1.165) is 5.57 Å². The van der Waals surface area contributed by atoms with Crippen LogP contribution < -0.4 is 10.6 Å². The molecule has 1 aliphatic carbocycles. The quantitative estimate of drug-likeness (QED) is 0.626. The summed E-state index contributed by atoms with van der Waals surface area (Å²) >= 11 is 11.9. The molecule has 8 nitrogen and oxygen atoms in total. The maximum atomic E-state index is 12.8. The van der Waals surface area contributed by atoms with Gasteiger partial charge in [0, 0.05) is 49.3 Å². The predicted molar refractivity (Wildman–Crippen MR) is 117 cm³/mol. The molecule has 1 fully saturated rings. The average Bonchev–Trinajstić information content (AvgIpc) is 3.13. The van der Waals surface area contributed by atoms with Crippen LogP contribution >= 0.6 is 23.2 Å². The van der Waals surface area contributed by atoms with Gasteiger partial charge in [-0.25, -0.2) is 4.79 Å². The van der Waals surface area contributed by atoms with Gasteiger partial charge in [-0.1, -0.05) is 35.4 Å². The van der Waals surface area contributed by atoms with Crippen LogP contribution in [-0.2, 0) is 19.1 Å². The number of Topliss-reactive ketones (excluding diaryl/α,β-unsaturated/α-hetero) is 1. The van der Waals surface area contributed by atoms with Crippen molar-refractivity contribution in [3.05, 3.63) is 52.0 Å². The number of likely N-dealkylation sites (tertiary alicyclic amines) is 1. The maximum Gasteiger partial charge on any atom is 0.322 e. The largest absolute Gasteiger partial charge is 0.351 e. The predicted octanol–water partition coefficient (Wildman–Crippen LogP) is 3.16. The molecule has 1 aliphatic heterocycles. The van der Waals surface area contributed by atoms with Gasteiger partial charge in [0.25, 0.3) is 0 Å². The first-order valence-corrected chi connectivity index (χ1v) is 10.3. The molecule has 1 heterocycles. The zero-order valence-electron chi connectivity index (χ0n) is 17.1. The van der Waals surface area contributed by atoms with E-state index in [0.29, 0.717) is 22.2 Å². The number of nitrogens with one attached hydrogen (secondary N) is 2. The molecule has 2 aliphatic rings. The highest BCUT2D eigenvalue weighted by atomic mass is 35.5. The molecule has 2 N–H and O–H groups in total. The first kappa shape index (κ1) is 23.3. The smallest absolute Gasteiger partial charge is 0.322 e. The number of methoxy groups -OCH3 is 2. The highest BCUT2D eigenvalue weighted by molar-refractivity contribution is 6.35. The van der Waals surface area contributed by atoms with Crippen LogP contribution in [0.5, 0.6) is 0 Å². The number of ether oxygens (including phenoxy) is 2. The van der Waals surface area contributed by atoms with Crippen molar-refractivity contribution in [3.8, 4) is 0 Å². The van der Waals surface area contributed by atoms with Crippen molar-refractivity contribution in [2.45, 2.75) is 24.7 Å². The number of carbonyl (C=O) groups excluding carboxylic acids is 3. The van der Waals surface area contributed by atoms with Gasteiger partial charge < -0.3 is 25.0 Å². The summed E-state index contributed by atoms with van der Waals surface area (Å²) in [6.45, 7) is 0.0851. The first-order chi connectivity index (χ1) is 14.7. The minimum atomic E-state index is -0.906. The fourth-order valence-corrected chi connectivity index (χ4v) is 4.05. The second-order valence-electron chi connectivity index (χ2n) is 7.27. The molecular weight excluding hydrogens is 445 g/mol. The number of benzene rings is 1. The van der Waals surface area contributed by atoms with Gasteiger partial charge in [0.2, 0.25) is 5.91 Å². The molecule has 0 aromatic heterocycles. The number of anilines is 1. The van der Waals surface area contributed by atoms with Crippen LogP contribution in [0, 0.1) is 0 Å². The van der Waals surface area contributed by atoms with Crippen LogP contribution in [0.15, 0.2) is 42.0 Å². The van der Waals surface area contributed by atoms with Gasteiger partial charge in [0.1, 0.15) is 6.04 Å². The van der Waals surface area contributed by atoms with E-state index in [-0.39, 0.29) is 25.3 Å². The van der Waals surface area contributed by atoms with Gasteiger partial charge in [-0.3, -0.25) is 9.59 Å². The summed E-state index contributed by atoms with van der Waals surface area (Å²) in [7, 11) is 3.09. The van der Waals surface area contributed by atoms with Crippen LogP contribution in [-0.4, -0.2) is 61.8 Å². The number of allylic oxidation sites excluding steroid dienone is 2. The number of hydrogen-bond acceptors (Lipinski definition) is 5. The number of halogens is 2. The lowest BCUT2D eigenvalue weighted by Crippen LogP contribution is -2.48. The van der Waals surface area contributed by atoms with Crippen molar-refractivity contribution in [1.82, 2.24) is 10.2 Å². The molecular formula is C21H23Cl2N3O5. The van der Waals surface area contributed by atoms with Crippen molar-refractivity contribution in [1.29, 1.82) is 0 Å². The molecule has 0 unspecified atom stereocenters. The van der Waals surface area contributed by atoms with Crippen molar-refractivity contribution in [2.75, 3.05) is 32.6 Å². The summed E-state index contributed by atoms with van der Waals surface area (Å²) in [5.74, 6) is -1.49. The van der Waals surface area contributed by atoms with E-state index in [2.05, 4.69) is 10.6 Å². The molecule has 31 heavy (non-hydrogen) atoms. The Balaban J connectivity index is 1.63. The van der Waals surface area contributed by atoms with Gasteiger partial charge in [0.15, 0.2) is 11.6 Å². The molecule has 0 saturated carbocycles. The minimum absolute atomic E-state index is 0.0470. The summed E-state index contributed by atoms with van der Waals surface area (Å²) in [6.07, 6.45) is 5.85. The van der Waals surface area contributed by atoms with Crippen LogP contribution in [0.4, 0.5) is 10.5 Å². The van der Waals surface area contributed by atoms with E-state index in [1.54, 1.807) is 26.4 Å². The van der Waals surface area contributed by atoms with Gasteiger partial charge in [0.05, 0.1) is 6.54 Å². The van der Waals surface area contributed by atoms with Crippen LogP contribution in [0.25, 0.3) is 0 Å². The molecule has 0 spiro atoms. The molecule has 1 atom stereocenters. The molecule has 1 aromatic carbocycles. The van der Waals surface area contributed by atoms with E-state index in [1.807, 2.05) is 6.08 Å². The first-order valence-electron chi connectivity index (χ1n) is 9.56. The third-order valence-electron chi connectivity index (χ3n) is 5.16. The lowest BCUT2D eigenvalue weighted by Gasteiger charge is -2.31. The summed E-state index contributed by atoms with van der Waals surface area (Å²) < 4.78 is 10.8. The van der Waals surface area contributed by atoms with Crippen molar-refractivity contribution in [2.24, 2.45) is 0 Å². The Labute approximate surface area is 190 Å². The maximum absolute atomic E-state index is 12.8. The van der Waals surface area contributed by atoms with E-state index in [9.17, 15) is 14.4 Å². The highest BCUT2D eigenvalue weighted by Gasteiger charge is 2.39. The monoisotopic (exact) mass is 467 g/mol. The zero-order valence-corrected chi connectivity index (χ0v) is 18.6. The van der Waals surface area contributed by atoms with Crippen molar-refractivity contribution >= 4 is 46.6 Å².